The largest absolute Gasteiger partial charge is 0.368 e. The normalized spacial score (nSPS) is 10.6. The first-order valence-electron chi connectivity index (χ1n) is 7.36. The van der Waals surface area contributed by atoms with Crippen LogP contribution in [0, 0.1) is 0 Å². The molecule has 3 aromatic rings. The maximum Gasteiger partial charge on any atom is 0.228 e. The van der Waals surface area contributed by atoms with Crippen molar-refractivity contribution in [1.82, 2.24) is 15.0 Å². The molecule has 5 nitrogen and oxygen atoms in total. The molecule has 0 saturated carbocycles. The summed E-state index contributed by atoms with van der Waals surface area (Å²) in [7, 11) is 0. The lowest BCUT2D eigenvalue weighted by Gasteiger charge is -2.09. The molecule has 122 valence electrons. The molecule has 7 heteroatoms. The first-order valence-corrected chi connectivity index (χ1v) is 8.12. The van der Waals surface area contributed by atoms with E-state index in [0.717, 1.165) is 6.42 Å². The highest BCUT2D eigenvalue weighted by molar-refractivity contribution is 6.35. The van der Waals surface area contributed by atoms with Gasteiger partial charge in [-0.05, 0) is 30.2 Å². The third-order valence-electron chi connectivity index (χ3n) is 3.36. The van der Waals surface area contributed by atoms with E-state index >= 15 is 0 Å². The topological polar surface area (TPSA) is 76.7 Å². The molecule has 0 unspecified atom stereocenters. The number of aromatic nitrogens is 3. The molecule has 0 radical (unpaired) electrons. The Morgan fingerprint density at radius 3 is 2.54 bits per heavy atom. The number of nitrogens with zero attached hydrogens (tertiary/aromatic N) is 3. The molecule has 3 rings (SSSR count). The van der Waals surface area contributed by atoms with E-state index in [2.05, 4.69) is 32.4 Å². The van der Waals surface area contributed by atoms with Gasteiger partial charge in [-0.2, -0.15) is 15.0 Å². The van der Waals surface area contributed by atoms with Gasteiger partial charge in [-0.3, -0.25) is 0 Å². The van der Waals surface area contributed by atoms with Gasteiger partial charge in [0.25, 0.3) is 0 Å². The number of hydrogen-bond donors (Lipinski definition) is 2. The van der Waals surface area contributed by atoms with Gasteiger partial charge in [0.1, 0.15) is 0 Å². The summed E-state index contributed by atoms with van der Waals surface area (Å²) in [5, 5.41) is 4.21. The monoisotopic (exact) mass is 359 g/mol. The van der Waals surface area contributed by atoms with Crippen molar-refractivity contribution in [3.8, 4) is 11.4 Å². The van der Waals surface area contributed by atoms with Crippen LogP contribution >= 0.6 is 23.2 Å². The summed E-state index contributed by atoms with van der Waals surface area (Å²) in [6, 6.07) is 15.3. The fourth-order valence-corrected chi connectivity index (χ4v) is 2.60. The van der Waals surface area contributed by atoms with Crippen molar-refractivity contribution < 1.29 is 0 Å². The van der Waals surface area contributed by atoms with Gasteiger partial charge >= 0.3 is 0 Å². The van der Waals surface area contributed by atoms with E-state index in [9.17, 15) is 0 Å². The average Bonchev–Trinajstić information content (AvgIpc) is 2.57. The molecule has 0 amide bonds. The van der Waals surface area contributed by atoms with Crippen LogP contribution in [0.1, 0.15) is 5.56 Å². The van der Waals surface area contributed by atoms with E-state index < -0.39 is 0 Å². The summed E-state index contributed by atoms with van der Waals surface area (Å²) in [5.74, 6) is 0.917. The van der Waals surface area contributed by atoms with Crippen LogP contribution in [0.5, 0.6) is 0 Å². The molecule has 0 aliphatic heterocycles. The molecule has 24 heavy (non-hydrogen) atoms. The zero-order valence-corrected chi connectivity index (χ0v) is 14.2. The Morgan fingerprint density at radius 1 is 0.958 bits per heavy atom. The molecule has 0 aliphatic rings. The van der Waals surface area contributed by atoms with Crippen molar-refractivity contribution in [2.75, 3.05) is 17.6 Å². The van der Waals surface area contributed by atoms with Crippen LogP contribution in [-0.4, -0.2) is 21.5 Å². The zero-order valence-electron chi connectivity index (χ0n) is 12.7. The van der Waals surface area contributed by atoms with Gasteiger partial charge in [0.2, 0.25) is 11.9 Å². The molecular formula is C17H15Cl2N5. The minimum Gasteiger partial charge on any atom is -0.368 e. The molecule has 1 aromatic heterocycles. The highest BCUT2D eigenvalue weighted by atomic mass is 35.5. The van der Waals surface area contributed by atoms with Crippen molar-refractivity contribution >= 4 is 35.1 Å². The Bertz CT molecular complexity index is 840. The van der Waals surface area contributed by atoms with E-state index in [0.29, 0.717) is 33.9 Å². The van der Waals surface area contributed by atoms with Crippen molar-refractivity contribution in [1.29, 1.82) is 0 Å². The molecule has 0 bridgehead atoms. The van der Waals surface area contributed by atoms with E-state index in [-0.39, 0.29) is 5.95 Å². The van der Waals surface area contributed by atoms with Crippen LogP contribution in [-0.2, 0) is 6.42 Å². The Labute approximate surface area is 149 Å². The van der Waals surface area contributed by atoms with Crippen LogP contribution in [0.2, 0.25) is 10.0 Å². The molecule has 0 fully saturated rings. The lowest BCUT2D eigenvalue weighted by Crippen LogP contribution is -2.11. The van der Waals surface area contributed by atoms with Crippen LogP contribution in [0.25, 0.3) is 11.4 Å². The Morgan fingerprint density at radius 2 is 1.75 bits per heavy atom. The number of benzene rings is 2. The molecule has 2 aromatic carbocycles. The number of anilines is 2. The molecule has 0 atom stereocenters. The van der Waals surface area contributed by atoms with Gasteiger partial charge in [-0.1, -0.05) is 53.5 Å². The third-order valence-corrected chi connectivity index (χ3v) is 3.93. The summed E-state index contributed by atoms with van der Waals surface area (Å²) < 4.78 is 0. The summed E-state index contributed by atoms with van der Waals surface area (Å²) in [5.41, 5.74) is 7.63. The number of nitrogens with one attached hydrogen (secondary N) is 1. The number of nitrogens with two attached hydrogens (primary N) is 1. The molecule has 0 aliphatic carbocycles. The summed E-state index contributed by atoms with van der Waals surface area (Å²) in [6.07, 6.45) is 0.847. The fraction of sp³-hybridized carbons (Fsp3) is 0.118. The first kappa shape index (κ1) is 16.5. The van der Waals surface area contributed by atoms with Crippen molar-refractivity contribution in [2.45, 2.75) is 6.42 Å². The Hall–Kier alpha value is -2.37. The Kier molecular flexibility index (Phi) is 5.13. The van der Waals surface area contributed by atoms with Gasteiger partial charge in [0.05, 0.1) is 5.02 Å². The minimum absolute atomic E-state index is 0.123. The number of nitrogen functional groups attached to an aromatic ring is 1. The number of hydrogen-bond acceptors (Lipinski definition) is 5. The van der Waals surface area contributed by atoms with Crippen molar-refractivity contribution in [3.63, 3.8) is 0 Å². The highest BCUT2D eigenvalue weighted by Gasteiger charge is 2.11. The standard InChI is InChI=1S/C17H15Cl2N5/c18-12-6-7-14(19)13(10-12)15-22-16(20)24-17(23-15)21-9-8-11-4-2-1-3-5-11/h1-7,10H,8-9H2,(H3,20,21,22,23,24). The van der Waals surface area contributed by atoms with Crippen LogP contribution < -0.4 is 11.1 Å². The van der Waals surface area contributed by atoms with Gasteiger partial charge in [-0.15, -0.1) is 0 Å². The highest BCUT2D eigenvalue weighted by Crippen LogP contribution is 2.28. The SMILES string of the molecule is Nc1nc(NCCc2ccccc2)nc(-c2cc(Cl)ccc2Cl)n1. The fourth-order valence-electron chi connectivity index (χ4n) is 2.22. The lowest BCUT2D eigenvalue weighted by molar-refractivity contribution is 0.971. The van der Waals surface area contributed by atoms with Gasteiger partial charge in [-0.25, -0.2) is 0 Å². The van der Waals surface area contributed by atoms with Crippen LogP contribution in [0.4, 0.5) is 11.9 Å². The molecule has 3 N–H and O–H groups in total. The number of halogens is 2. The third kappa shape index (κ3) is 4.13. The summed E-state index contributed by atoms with van der Waals surface area (Å²) >= 11 is 12.2. The van der Waals surface area contributed by atoms with Gasteiger partial charge < -0.3 is 11.1 Å². The first-order chi connectivity index (χ1) is 11.6. The van der Waals surface area contributed by atoms with Crippen molar-refractivity contribution in [2.24, 2.45) is 0 Å². The van der Waals surface area contributed by atoms with E-state index in [4.69, 9.17) is 28.9 Å². The van der Waals surface area contributed by atoms with E-state index in [1.807, 2.05) is 18.2 Å². The average molecular weight is 360 g/mol. The minimum atomic E-state index is 0.123. The summed E-state index contributed by atoms with van der Waals surface area (Å²) in [4.78, 5) is 12.6. The second kappa shape index (κ2) is 7.47. The van der Waals surface area contributed by atoms with Crippen LogP contribution in [0.3, 0.4) is 0 Å². The summed E-state index contributed by atoms with van der Waals surface area (Å²) in [6.45, 7) is 0.677. The second-order valence-corrected chi connectivity index (χ2v) is 5.97. The van der Waals surface area contributed by atoms with Gasteiger partial charge in [0, 0.05) is 17.1 Å². The molecule has 0 spiro atoms. The molecule has 1 heterocycles. The predicted octanol–water partition coefficient (Wildman–Crippen LogP) is 4.08. The Balaban J connectivity index is 1.78. The van der Waals surface area contributed by atoms with Crippen molar-refractivity contribution in [3.05, 3.63) is 64.1 Å². The lowest BCUT2D eigenvalue weighted by atomic mass is 10.1. The van der Waals surface area contributed by atoms with Gasteiger partial charge in [0.15, 0.2) is 5.82 Å². The smallest absolute Gasteiger partial charge is 0.228 e. The van der Waals surface area contributed by atoms with E-state index in [1.54, 1.807) is 18.2 Å². The molecule has 0 saturated heterocycles. The number of rotatable bonds is 5. The maximum absolute atomic E-state index is 6.20. The second-order valence-electron chi connectivity index (χ2n) is 5.13. The van der Waals surface area contributed by atoms with E-state index in [1.165, 1.54) is 5.56 Å². The maximum atomic E-state index is 6.20. The van der Waals surface area contributed by atoms with Crippen LogP contribution in [0.15, 0.2) is 48.5 Å². The quantitative estimate of drug-likeness (QED) is 0.717. The zero-order chi connectivity index (χ0) is 16.9. The molecular weight excluding hydrogens is 345 g/mol. The predicted molar refractivity (Wildman–Crippen MR) is 98.3 cm³/mol.